The van der Waals surface area contributed by atoms with Gasteiger partial charge >= 0.3 is 11.8 Å². The van der Waals surface area contributed by atoms with Gasteiger partial charge in [0, 0.05) is 4.91 Å². The Morgan fingerprint density at radius 2 is 2.11 bits per heavy atom. The van der Waals surface area contributed by atoms with Crippen LogP contribution in [0, 0.1) is 12.7 Å². The van der Waals surface area contributed by atoms with Gasteiger partial charge in [0.05, 0.1) is 30.0 Å². The molecule has 10 heteroatoms. The van der Waals surface area contributed by atoms with Crippen molar-refractivity contribution in [3.8, 4) is 5.69 Å². The fourth-order valence-corrected chi connectivity index (χ4v) is 3.15. The highest BCUT2D eigenvalue weighted by Crippen LogP contribution is 2.27. The highest BCUT2D eigenvalue weighted by atomic mass is 19.1. The normalized spacial score (nSPS) is 16.3. The lowest BCUT2D eigenvalue weighted by Crippen LogP contribution is -2.25. The van der Waals surface area contributed by atoms with Gasteiger partial charge in [-0.05, 0) is 48.4 Å². The second kappa shape index (κ2) is 6.75. The Hall–Kier alpha value is -3.78. The zero-order chi connectivity index (χ0) is 19.8. The van der Waals surface area contributed by atoms with Crippen molar-refractivity contribution in [3.05, 3.63) is 68.8 Å². The number of aryl methyl sites for hydroxylation is 1. The third-order valence-electron chi connectivity index (χ3n) is 4.44. The largest absolute Gasteiger partial charge is 0.444 e. The van der Waals surface area contributed by atoms with Crippen LogP contribution < -0.4 is 10.7 Å². The Morgan fingerprint density at radius 3 is 2.86 bits per heavy atom. The summed E-state index contributed by atoms with van der Waals surface area (Å²) >= 11 is 0. The van der Waals surface area contributed by atoms with Gasteiger partial charge in [0.2, 0.25) is 0 Å². The summed E-state index contributed by atoms with van der Waals surface area (Å²) in [6.07, 6.45) is -1.26. The van der Waals surface area contributed by atoms with E-state index in [1.54, 1.807) is 18.2 Å². The molecule has 0 bridgehead atoms. The number of amides is 1. The third-order valence-corrected chi connectivity index (χ3v) is 4.44. The number of carbonyl (C=O) groups is 1. The van der Waals surface area contributed by atoms with Crippen LogP contribution >= 0.6 is 0 Å². The van der Waals surface area contributed by atoms with Gasteiger partial charge in [-0.15, -0.1) is 0 Å². The Kier molecular flexibility index (Phi) is 4.25. The number of benzene rings is 2. The molecule has 0 aliphatic carbocycles. The van der Waals surface area contributed by atoms with E-state index >= 15 is 0 Å². The number of oxazole rings is 1. The lowest BCUT2D eigenvalue weighted by Gasteiger charge is -2.14. The molecule has 28 heavy (non-hydrogen) atoms. The molecule has 1 fully saturated rings. The number of cyclic esters (lactones) is 1. The van der Waals surface area contributed by atoms with Crippen molar-refractivity contribution >= 4 is 22.9 Å². The Labute approximate surface area is 157 Å². The number of hydrogen-bond donors (Lipinski definition) is 0. The number of nitrogens with zero attached hydrogens (tertiary/aromatic N) is 5. The van der Waals surface area contributed by atoms with Gasteiger partial charge in [-0.2, -0.15) is 0 Å². The van der Waals surface area contributed by atoms with Gasteiger partial charge in [0.25, 0.3) is 0 Å². The first-order chi connectivity index (χ1) is 13.5. The summed E-state index contributed by atoms with van der Waals surface area (Å²) in [4.78, 5) is 28.1. The van der Waals surface area contributed by atoms with Crippen molar-refractivity contribution < 1.29 is 18.3 Å². The van der Waals surface area contributed by atoms with Gasteiger partial charge in [-0.25, -0.2) is 18.5 Å². The molecule has 0 N–H and O–H groups in total. The third kappa shape index (κ3) is 2.95. The molecular formula is C18H14FN5O4. The van der Waals surface area contributed by atoms with Crippen LogP contribution in [0.15, 0.2) is 50.7 Å². The van der Waals surface area contributed by atoms with E-state index in [0.29, 0.717) is 11.1 Å². The quantitative estimate of drug-likeness (QED) is 0.388. The lowest BCUT2D eigenvalue weighted by molar-refractivity contribution is 0.145. The molecule has 1 amide bonds. The predicted octanol–water partition coefficient (Wildman–Crippen LogP) is 3.67. The van der Waals surface area contributed by atoms with Gasteiger partial charge in [-0.3, -0.25) is 4.90 Å². The van der Waals surface area contributed by atoms with Crippen LogP contribution in [0.4, 0.5) is 14.9 Å². The minimum Gasteiger partial charge on any atom is -0.444 e. The highest BCUT2D eigenvalue weighted by molar-refractivity contribution is 5.90. The lowest BCUT2D eigenvalue weighted by atomic mass is 10.2. The molecule has 0 saturated carbocycles. The number of rotatable bonds is 4. The van der Waals surface area contributed by atoms with E-state index in [-0.39, 0.29) is 24.5 Å². The topological polar surface area (TPSA) is 113 Å². The van der Waals surface area contributed by atoms with E-state index in [2.05, 4.69) is 10.0 Å². The van der Waals surface area contributed by atoms with Crippen LogP contribution in [0.25, 0.3) is 27.2 Å². The molecule has 1 aliphatic heterocycles. The average molecular weight is 383 g/mol. The minimum atomic E-state index is -0.706. The maximum atomic E-state index is 14.9. The number of carbonyl (C=O) groups excluding carboxylic acids is 1. The van der Waals surface area contributed by atoms with Gasteiger partial charge < -0.3 is 9.15 Å². The zero-order valence-electron chi connectivity index (χ0n) is 14.7. The number of ether oxygens (including phenoxy) is 1. The fraction of sp³-hybridized carbons (Fsp3) is 0.222. The van der Waals surface area contributed by atoms with Crippen molar-refractivity contribution in [2.24, 2.45) is 5.11 Å². The first-order valence-corrected chi connectivity index (χ1v) is 8.39. The monoisotopic (exact) mass is 383 g/mol. The predicted molar refractivity (Wildman–Crippen MR) is 98.1 cm³/mol. The number of hydrogen-bond acceptors (Lipinski definition) is 5. The first-order valence-electron chi connectivity index (χ1n) is 8.39. The van der Waals surface area contributed by atoms with Gasteiger partial charge in [0.1, 0.15) is 11.9 Å². The summed E-state index contributed by atoms with van der Waals surface area (Å²) in [6.45, 7) is 1.98. The minimum absolute atomic E-state index is 0.00490. The zero-order valence-corrected chi connectivity index (χ0v) is 14.7. The van der Waals surface area contributed by atoms with Crippen LogP contribution in [0.1, 0.15) is 5.56 Å². The summed E-state index contributed by atoms with van der Waals surface area (Å²) in [5.74, 6) is -1.41. The second-order valence-electron chi connectivity index (χ2n) is 6.34. The van der Waals surface area contributed by atoms with Crippen molar-refractivity contribution in [1.82, 2.24) is 4.57 Å². The second-order valence-corrected chi connectivity index (χ2v) is 6.34. The molecule has 2 heterocycles. The van der Waals surface area contributed by atoms with E-state index < -0.39 is 23.8 Å². The van der Waals surface area contributed by atoms with Crippen LogP contribution in [0.3, 0.4) is 0 Å². The van der Waals surface area contributed by atoms with E-state index in [0.717, 1.165) is 16.2 Å². The van der Waals surface area contributed by atoms with Gasteiger partial charge in [0.15, 0.2) is 5.58 Å². The maximum absolute atomic E-state index is 14.9. The molecule has 9 nitrogen and oxygen atoms in total. The van der Waals surface area contributed by atoms with Crippen molar-refractivity contribution in [2.75, 3.05) is 18.0 Å². The number of anilines is 1. The van der Waals surface area contributed by atoms with E-state index in [4.69, 9.17) is 14.7 Å². The van der Waals surface area contributed by atoms with E-state index in [9.17, 15) is 14.0 Å². The van der Waals surface area contributed by atoms with Gasteiger partial charge in [-0.1, -0.05) is 11.2 Å². The number of aromatic nitrogens is 1. The molecular weight excluding hydrogens is 369 g/mol. The summed E-state index contributed by atoms with van der Waals surface area (Å²) in [5, 5.41) is 3.38. The molecule has 1 unspecified atom stereocenters. The standard InChI is InChI=1S/C18H14FN5O4/c1-10-2-5-16-15(6-10)24(18(26)28-16)14-4-3-11(7-13(14)19)23-9-12(8-21-22-20)27-17(23)25/h2-7,12H,8-9H2,1H3. The number of azide groups is 1. The van der Waals surface area contributed by atoms with E-state index in [1.807, 2.05) is 6.92 Å². The van der Waals surface area contributed by atoms with Crippen molar-refractivity contribution in [2.45, 2.75) is 13.0 Å². The van der Waals surface area contributed by atoms with Crippen molar-refractivity contribution in [1.29, 1.82) is 0 Å². The Morgan fingerprint density at radius 1 is 1.29 bits per heavy atom. The Bertz CT molecular complexity index is 1190. The SMILES string of the molecule is Cc1ccc2oc(=O)n(-c3ccc(N4CC(CN=[N+]=[N-])OC4=O)cc3F)c2c1. The molecule has 4 rings (SSSR count). The molecule has 2 aromatic carbocycles. The smallest absolute Gasteiger partial charge is 0.424 e. The molecule has 3 aromatic rings. The molecule has 1 atom stereocenters. The fourth-order valence-electron chi connectivity index (χ4n) is 3.15. The summed E-state index contributed by atoms with van der Waals surface area (Å²) in [5.41, 5.74) is 10.3. The molecule has 142 valence electrons. The molecule has 0 radical (unpaired) electrons. The Balaban J connectivity index is 1.71. The molecule has 0 spiro atoms. The number of halogens is 1. The average Bonchev–Trinajstić information content (AvgIpc) is 3.19. The molecule has 1 aliphatic rings. The maximum Gasteiger partial charge on any atom is 0.424 e. The first kappa shape index (κ1) is 17.6. The molecule has 1 aromatic heterocycles. The number of fused-ring (bicyclic) bond motifs is 1. The van der Waals surface area contributed by atoms with Crippen LogP contribution in [-0.2, 0) is 4.74 Å². The summed E-state index contributed by atoms with van der Waals surface area (Å²) < 4.78 is 26.3. The van der Waals surface area contributed by atoms with Crippen molar-refractivity contribution in [3.63, 3.8) is 0 Å². The van der Waals surface area contributed by atoms with Crippen LogP contribution in [0.2, 0.25) is 0 Å². The summed E-state index contributed by atoms with van der Waals surface area (Å²) in [6, 6.07) is 9.23. The highest BCUT2D eigenvalue weighted by Gasteiger charge is 2.32. The summed E-state index contributed by atoms with van der Waals surface area (Å²) in [7, 11) is 0. The molecule has 1 saturated heterocycles. The van der Waals surface area contributed by atoms with Crippen LogP contribution in [0.5, 0.6) is 0 Å². The van der Waals surface area contributed by atoms with Crippen LogP contribution in [-0.4, -0.2) is 29.9 Å². The van der Waals surface area contributed by atoms with E-state index in [1.165, 1.54) is 17.0 Å².